The molecule has 0 unspecified atom stereocenters. The molecular formula is C16H21NO3. The molecule has 0 amide bonds. The van der Waals surface area contributed by atoms with Crippen LogP contribution < -0.4 is 0 Å². The van der Waals surface area contributed by atoms with Gasteiger partial charge in [-0.3, -0.25) is 9.59 Å². The maximum atomic E-state index is 12.7. The van der Waals surface area contributed by atoms with Crippen molar-refractivity contribution >= 4 is 11.6 Å². The van der Waals surface area contributed by atoms with Crippen LogP contribution in [0.3, 0.4) is 0 Å². The molecule has 108 valence electrons. The number of aryl methyl sites for hydroxylation is 2. The van der Waals surface area contributed by atoms with Crippen LogP contribution in [-0.4, -0.2) is 36.1 Å². The number of likely N-dealkylation sites (tertiary alicyclic amines) is 1. The molecule has 0 bridgehead atoms. The van der Waals surface area contributed by atoms with Gasteiger partial charge in [-0.1, -0.05) is 0 Å². The van der Waals surface area contributed by atoms with Gasteiger partial charge in [0.15, 0.2) is 0 Å². The molecule has 0 spiro atoms. The van der Waals surface area contributed by atoms with Crippen molar-refractivity contribution in [3.63, 3.8) is 0 Å². The zero-order chi connectivity index (χ0) is 14.3. The predicted octanol–water partition coefficient (Wildman–Crippen LogP) is 2.14. The van der Waals surface area contributed by atoms with Gasteiger partial charge in [-0.05, 0) is 45.0 Å². The van der Waals surface area contributed by atoms with E-state index in [4.69, 9.17) is 4.42 Å². The number of carbonyl (C=O) groups excluding carboxylic acids is 2. The number of Topliss-reactive ketones (excluding diaryl/α,β-unsaturated/α-hetero) is 2. The van der Waals surface area contributed by atoms with Gasteiger partial charge in [-0.25, -0.2) is 0 Å². The van der Waals surface area contributed by atoms with Gasteiger partial charge in [0.25, 0.3) is 0 Å². The van der Waals surface area contributed by atoms with Gasteiger partial charge in [-0.2, -0.15) is 0 Å². The molecule has 2 heterocycles. The second-order valence-electron chi connectivity index (χ2n) is 6.25. The number of hydrogen-bond donors (Lipinski definition) is 0. The average Bonchev–Trinajstić information content (AvgIpc) is 3.04. The van der Waals surface area contributed by atoms with Crippen LogP contribution in [-0.2, 0) is 16.0 Å². The summed E-state index contributed by atoms with van der Waals surface area (Å²) in [7, 11) is 2.03. The molecule has 1 saturated heterocycles. The zero-order valence-corrected chi connectivity index (χ0v) is 12.1. The highest BCUT2D eigenvalue weighted by Gasteiger charge is 2.56. The first-order valence-electron chi connectivity index (χ1n) is 7.31. The van der Waals surface area contributed by atoms with Crippen molar-refractivity contribution in [1.29, 1.82) is 0 Å². The summed E-state index contributed by atoms with van der Waals surface area (Å²) in [5.74, 6) is 1.39. The smallest absolute Gasteiger partial charge is 0.141 e. The molecule has 2 atom stereocenters. The first-order chi connectivity index (χ1) is 9.53. The van der Waals surface area contributed by atoms with E-state index in [1.54, 1.807) is 6.26 Å². The van der Waals surface area contributed by atoms with Crippen molar-refractivity contribution in [2.24, 2.45) is 5.41 Å². The molecule has 1 saturated carbocycles. The Labute approximate surface area is 119 Å². The molecule has 3 rings (SSSR count). The molecule has 1 aromatic heterocycles. The normalized spacial score (nSPS) is 29.9. The number of rotatable bonds is 4. The molecular weight excluding hydrogens is 254 g/mol. The molecule has 0 N–H and O–H groups in total. The lowest BCUT2D eigenvalue weighted by Crippen LogP contribution is -2.39. The van der Waals surface area contributed by atoms with Crippen LogP contribution >= 0.6 is 0 Å². The van der Waals surface area contributed by atoms with E-state index < -0.39 is 5.41 Å². The number of furan rings is 1. The van der Waals surface area contributed by atoms with Crippen LogP contribution in [0.4, 0.5) is 0 Å². The van der Waals surface area contributed by atoms with Gasteiger partial charge in [0.2, 0.25) is 0 Å². The summed E-state index contributed by atoms with van der Waals surface area (Å²) in [6, 6.07) is 2.06. The fourth-order valence-electron chi connectivity index (χ4n) is 3.91. The van der Waals surface area contributed by atoms with Crippen LogP contribution in [0.15, 0.2) is 16.7 Å². The molecule has 1 aliphatic heterocycles. The molecule has 4 heteroatoms. The summed E-state index contributed by atoms with van der Waals surface area (Å²) in [6.07, 6.45) is 4.73. The monoisotopic (exact) mass is 275 g/mol. The van der Waals surface area contributed by atoms with Gasteiger partial charge in [0, 0.05) is 25.3 Å². The Bertz CT molecular complexity index is 548. The molecule has 0 radical (unpaired) electrons. The van der Waals surface area contributed by atoms with Gasteiger partial charge in [-0.15, -0.1) is 0 Å². The highest BCUT2D eigenvalue weighted by molar-refractivity contribution is 5.96. The summed E-state index contributed by atoms with van der Waals surface area (Å²) in [5, 5.41) is 0. The van der Waals surface area contributed by atoms with Crippen LogP contribution in [0.2, 0.25) is 0 Å². The van der Waals surface area contributed by atoms with Crippen molar-refractivity contribution in [1.82, 2.24) is 4.90 Å². The molecule has 1 aromatic rings. The van der Waals surface area contributed by atoms with Crippen LogP contribution in [0, 0.1) is 12.3 Å². The highest BCUT2D eigenvalue weighted by atomic mass is 16.3. The van der Waals surface area contributed by atoms with Crippen molar-refractivity contribution in [2.45, 2.75) is 45.1 Å². The summed E-state index contributed by atoms with van der Waals surface area (Å²) >= 11 is 0. The minimum absolute atomic E-state index is 0.132. The molecule has 0 aromatic carbocycles. The molecule has 20 heavy (non-hydrogen) atoms. The van der Waals surface area contributed by atoms with Crippen molar-refractivity contribution in [2.75, 3.05) is 13.6 Å². The Kier molecular flexibility index (Phi) is 3.28. The SMILES string of the molecule is Cc1occc1CCC(=O)[C@@]12CCN(C)[C@@H]1CC(=O)C2. The lowest BCUT2D eigenvalue weighted by atomic mass is 9.76. The lowest BCUT2D eigenvalue weighted by Gasteiger charge is -2.28. The van der Waals surface area contributed by atoms with E-state index in [1.165, 1.54) is 0 Å². The summed E-state index contributed by atoms with van der Waals surface area (Å²) < 4.78 is 5.27. The fraction of sp³-hybridized carbons (Fsp3) is 0.625. The van der Waals surface area contributed by atoms with Crippen molar-refractivity contribution in [3.8, 4) is 0 Å². The Balaban J connectivity index is 1.73. The van der Waals surface area contributed by atoms with Gasteiger partial charge in [0.1, 0.15) is 17.3 Å². The lowest BCUT2D eigenvalue weighted by molar-refractivity contribution is -0.130. The topological polar surface area (TPSA) is 50.5 Å². The second kappa shape index (κ2) is 4.85. The second-order valence-corrected chi connectivity index (χ2v) is 6.25. The number of carbonyl (C=O) groups is 2. The van der Waals surface area contributed by atoms with Crippen LogP contribution in [0.25, 0.3) is 0 Å². The van der Waals surface area contributed by atoms with E-state index in [0.717, 1.165) is 24.3 Å². The standard InChI is InChI=1S/C16H21NO3/c1-11-12(5-8-20-11)3-4-15(19)16-6-7-17(2)14(16)9-13(18)10-16/h5,8,14H,3-4,6-7,9-10H2,1-2H3/t14-,16-/m1/s1. The van der Waals surface area contributed by atoms with Crippen molar-refractivity contribution in [3.05, 3.63) is 23.7 Å². The molecule has 2 aliphatic rings. The summed E-state index contributed by atoms with van der Waals surface area (Å²) in [5.41, 5.74) is 0.700. The predicted molar refractivity (Wildman–Crippen MR) is 74.5 cm³/mol. The third-order valence-electron chi connectivity index (χ3n) is 5.16. The number of fused-ring (bicyclic) bond motifs is 1. The Morgan fingerprint density at radius 3 is 3.05 bits per heavy atom. The fourth-order valence-corrected chi connectivity index (χ4v) is 3.91. The van der Waals surface area contributed by atoms with Crippen LogP contribution in [0.5, 0.6) is 0 Å². The summed E-state index contributed by atoms with van der Waals surface area (Å²) in [4.78, 5) is 26.7. The van der Waals surface area contributed by atoms with Gasteiger partial charge >= 0.3 is 0 Å². The minimum atomic E-state index is -0.399. The summed E-state index contributed by atoms with van der Waals surface area (Å²) in [6.45, 7) is 2.85. The Morgan fingerprint density at radius 2 is 2.35 bits per heavy atom. The van der Waals surface area contributed by atoms with E-state index in [2.05, 4.69) is 4.90 Å². The number of hydrogen-bond acceptors (Lipinski definition) is 4. The van der Waals surface area contributed by atoms with Crippen LogP contribution in [0.1, 0.15) is 37.0 Å². The Morgan fingerprint density at radius 1 is 1.55 bits per heavy atom. The quantitative estimate of drug-likeness (QED) is 0.845. The minimum Gasteiger partial charge on any atom is -0.469 e. The maximum absolute atomic E-state index is 12.7. The van der Waals surface area contributed by atoms with Gasteiger partial charge < -0.3 is 9.32 Å². The highest BCUT2D eigenvalue weighted by Crippen LogP contribution is 2.48. The van der Waals surface area contributed by atoms with Gasteiger partial charge in [0.05, 0.1) is 11.7 Å². The van der Waals surface area contributed by atoms with E-state index >= 15 is 0 Å². The largest absolute Gasteiger partial charge is 0.469 e. The van der Waals surface area contributed by atoms with E-state index in [9.17, 15) is 9.59 Å². The third kappa shape index (κ3) is 2.03. The average molecular weight is 275 g/mol. The number of ketones is 2. The number of nitrogens with zero attached hydrogens (tertiary/aromatic N) is 1. The van der Waals surface area contributed by atoms with E-state index in [0.29, 0.717) is 25.7 Å². The molecule has 2 fully saturated rings. The Hall–Kier alpha value is -1.42. The maximum Gasteiger partial charge on any atom is 0.141 e. The van der Waals surface area contributed by atoms with Crippen molar-refractivity contribution < 1.29 is 14.0 Å². The first-order valence-corrected chi connectivity index (χ1v) is 7.31. The zero-order valence-electron chi connectivity index (χ0n) is 12.1. The first kappa shape index (κ1) is 13.6. The third-order valence-corrected chi connectivity index (χ3v) is 5.16. The van der Waals surface area contributed by atoms with E-state index in [1.807, 2.05) is 20.0 Å². The molecule has 4 nitrogen and oxygen atoms in total. The van der Waals surface area contributed by atoms with E-state index in [-0.39, 0.29) is 17.6 Å². The molecule has 1 aliphatic carbocycles.